The monoisotopic (exact) mass is 451 g/mol. The van der Waals surface area contributed by atoms with E-state index in [0.29, 0.717) is 31.5 Å². The van der Waals surface area contributed by atoms with Gasteiger partial charge in [0.15, 0.2) is 0 Å². The number of morpholine rings is 1. The van der Waals surface area contributed by atoms with Crippen LogP contribution in [0.15, 0.2) is 35.1 Å². The summed E-state index contributed by atoms with van der Waals surface area (Å²) in [6.45, 7) is 7.03. The Labute approximate surface area is 194 Å². The molecular formula is C24H33N7O2. The number of hydrogen-bond donors (Lipinski definition) is 0. The second kappa shape index (κ2) is 9.62. The van der Waals surface area contributed by atoms with Gasteiger partial charge >= 0.3 is 0 Å². The van der Waals surface area contributed by atoms with Gasteiger partial charge in [-0.3, -0.25) is 9.69 Å². The molecule has 1 saturated heterocycles. The quantitative estimate of drug-likeness (QED) is 0.535. The summed E-state index contributed by atoms with van der Waals surface area (Å²) in [5, 5.41) is 4.67. The van der Waals surface area contributed by atoms with E-state index in [-0.39, 0.29) is 5.56 Å². The van der Waals surface area contributed by atoms with Crippen molar-refractivity contribution in [3.8, 4) is 0 Å². The van der Waals surface area contributed by atoms with Gasteiger partial charge in [-0.05, 0) is 32.6 Å². The van der Waals surface area contributed by atoms with Gasteiger partial charge in [0.25, 0.3) is 5.56 Å². The molecule has 9 nitrogen and oxygen atoms in total. The van der Waals surface area contributed by atoms with Gasteiger partial charge in [-0.1, -0.05) is 30.3 Å². The second-order valence-corrected chi connectivity index (χ2v) is 9.21. The first kappa shape index (κ1) is 22.1. The van der Waals surface area contributed by atoms with Crippen molar-refractivity contribution in [2.45, 2.75) is 32.5 Å². The predicted molar refractivity (Wildman–Crippen MR) is 128 cm³/mol. The lowest BCUT2D eigenvalue weighted by atomic mass is 10.1. The number of aryl methyl sites for hydroxylation is 1. The van der Waals surface area contributed by atoms with Gasteiger partial charge in [0.2, 0.25) is 11.7 Å². The lowest BCUT2D eigenvalue weighted by molar-refractivity contribution is 0.122. The first-order chi connectivity index (χ1) is 16.1. The van der Waals surface area contributed by atoms with Gasteiger partial charge in [-0.25, -0.2) is 0 Å². The highest BCUT2D eigenvalue weighted by Gasteiger charge is 2.27. The molecule has 3 aromatic rings. The van der Waals surface area contributed by atoms with Crippen molar-refractivity contribution in [2.24, 2.45) is 0 Å². The SMILES string of the molecule is CN(C)CCCn1c2c(c(=O)n3nc(N4CCOCC4)nc13)CN(Cc1ccccc1)CC2. The summed E-state index contributed by atoms with van der Waals surface area (Å²) in [5.74, 6) is 1.29. The minimum atomic E-state index is -0.0337. The molecular weight excluding hydrogens is 418 g/mol. The zero-order chi connectivity index (χ0) is 22.8. The standard InChI is InChI=1S/C24H33N7O2/c1-27(2)10-6-11-30-21-9-12-28(17-19-7-4-3-5-8-19)18-20(21)22(32)31-24(30)25-23(26-31)29-13-15-33-16-14-29/h3-5,7-8H,6,9-18H2,1-2H3. The molecule has 9 heteroatoms. The predicted octanol–water partition coefficient (Wildman–Crippen LogP) is 1.24. The highest BCUT2D eigenvalue weighted by Crippen LogP contribution is 2.22. The lowest BCUT2D eigenvalue weighted by Gasteiger charge is -2.30. The fraction of sp³-hybridized carbons (Fsp3) is 0.542. The molecule has 1 fully saturated rings. The zero-order valence-corrected chi connectivity index (χ0v) is 19.6. The van der Waals surface area contributed by atoms with Crippen molar-refractivity contribution < 1.29 is 4.74 Å². The van der Waals surface area contributed by atoms with Crippen LogP contribution in [-0.4, -0.2) is 82.5 Å². The smallest absolute Gasteiger partial charge is 0.280 e. The first-order valence-corrected chi connectivity index (χ1v) is 11.8. The van der Waals surface area contributed by atoms with E-state index in [4.69, 9.17) is 9.72 Å². The van der Waals surface area contributed by atoms with Crippen LogP contribution < -0.4 is 10.5 Å². The maximum atomic E-state index is 13.6. The Morgan fingerprint density at radius 1 is 1.09 bits per heavy atom. The van der Waals surface area contributed by atoms with Crippen molar-refractivity contribution in [1.29, 1.82) is 0 Å². The average Bonchev–Trinajstić information content (AvgIpc) is 3.28. The summed E-state index contributed by atoms with van der Waals surface area (Å²) < 4.78 is 9.26. The third-order valence-electron chi connectivity index (χ3n) is 6.52. The maximum absolute atomic E-state index is 13.6. The van der Waals surface area contributed by atoms with E-state index >= 15 is 0 Å². The van der Waals surface area contributed by atoms with Crippen LogP contribution in [0.25, 0.3) is 5.78 Å². The molecule has 33 heavy (non-hydrogen) atoms. The molecule has 4 heterocycles. The van der Waals surface area contributed by atoms with Crippen LogP contribution in [0.3, 0.4) is 0 Å². The molecule has 0 saturated carbocycles. The third kappa shape index (κ3) is 4.66. The number of hydrogen-bond acceptors (Lipinski definition) is 7. The van der Waals surface area contributed by atoms with Crippen LogP contribution in [0.4, 0.5) is 5.95 Å². The fourth-order valence-electron chi connectivity index (χ4n) is 4.80. The van der Waals surface area contributed by atoms with E-state index in [9.17, 15) is 4.79 Å². The lowest BCUT2D eigenvalue weighted by Crippen LogP contribution is -2.39. The number of rotatable bonds is 7. The molecule has 176 valence electrons. The maximum Gasteiger partial charge on any atom is 0.280 e. The molecule has 0 atom stereocenters. The van der Waals surface area contributed by atoms with Crippen LogP contribution in [0.5, 0.6) is 0 Å². The van der Waals surface area contributed by atoms with Crippen molar-refractivity contribution in [2.75, 3.05) is 58.4 Å². The topological polar surface area (TPSA) is 71.1 Å². The van der Waals surface area contributed by atoms with Gasteiger partial charge in [-0.2, -0.15) is 9.50 Å². The normalized spacial score (nSPS) is 17.1. The summed E-state index contributed by atoms with van der Waals surface area (Å²) in [6.07, 6.45) is 1.83. The Balaban J connectivity index is 1.51. The highest BCUT2D eigenvalue weighted by atomic mass is 16.5. The molecule has 0 unspecified atom stereocenters. The fourth-order valence-corrected chi connectivity index (χ4v) is 4.80. The molecule has 0 radical (unpaired) electrons. The molecule has 0 N–H and O–H groups in total. The first-order valence-electron chi connectivity index (χ1n) is 11.8. The van der Waals surface area contributed by atoms with Gasteiger partial charge < -0.3 is 19.1 Å². The number of anilines is 1. The minimum absolute atomic E-state index is 0.0337. The number of benzene rings is 1. The Morgan fingerprint density at radius 2 is 1.88 bits per heavy atom. The Morgan fingerprint density at radius 3 is 2.64 bits per heavy atom. The third-order valence-corrected chi connectivity index (χ3v) is 6.52. The van der Waals surface area contributed by atoms with E-state index in [2.05, 4.69) is 62.7 Å². The summed E-state index contributed by atoms with van der Waals surface area (Å²) in [4.78, 5) is 25.1. The van der Waals surface area contributed by atoms with Crippen LogP contribution >= 0.6 is 0 Å². The molecule has 2 aromatic heterocycles. The van der Waals surface area contributed by atoms with Crippen LogP contribution in [0, 0.1) is 0 Å². The van der Waals surface area contributed by atoms with Gasteiger partial charge in [0, 0.05) is 51.4 Å². The number of nitrogens with zero attached hydrogens (tertiary/aromatic N) is 7. The van der Waals surface area contributed by atoms with Crippen molar-refractivity contribution in [3.05, 3.63) is 57.5 Å². The van der Waals surface area contributed by atoms with Crippen LogP contribution in [0.2, 0.25) is 0 Å². The van der Waals surface area contributed by atoms with Crippen molar-refractivity contribution in [3.63, 3.8) is 0 Å². The summed E-state index contributed by atoms with van der Waals surface area (Å²) in [5.41, 5.74) is 3.21. The van der Waals surface area contributed by atoms with E-state index in [1.807, 2.05) is 6.07 Å². The number of aromatic nitrogens is 4. The largest absolute Gasteiger partial charge is 0.378 e. The molecule has 0 bridgehead atoms. The number of fused-ring (bicyclic) bond motifs is 2. The minimum Gasteiger partial charge on any atom is -0.378 e. The summed E-state index contributed by atoms with van der Waals surface area (Å²) in [6, 6.07) is 10.5. The Hall–Kier alpha value is -2.75. The van der Waals surface area contributed by atoms with E-state index in [1.54, 1.807) is 0 Å². The molecule has 0 aliphatic carbocycles. The van der Waals surface area contributed by atoms with Gasteiger partial charge in [0.1, 0.15) is 0 Å². The summed E-state index contributed by atoms with van der Waals surface area (Å²) >= 11 is 0. The van der Waals surface area contributed by atoms with Gasteiger partial charge in [0.05, 0.1) is 18.8 Å². The molecule has 5 rings (SSSR count). The van der Waals surface area contributed by atoms with Crippen molar-refractivity contribution >= 4 is 11.7 Å². The van der Waals surface area contributed by atoms with Gasteiger partial charge in [-0.15, -0.1) is 5.10 Å². The van der Waals surface area contributed by atoms with E-state index in [0.717, 1.165) is 63.4 Å². The molecule has 0 amide bonds. The number of ether oxygens (including phenoxy) is 1. The van der Waals surface area contributed by atoms with Crippen molar-refractivity contribution in [1.82, 2.24) is 29.0 Å². The summed E-state index contributed by atoms with van der Waals surface area (Å²) in [7, 11) is 4.18. The van der Waals surface area contributed by atoms with E-state index in [1.165, 1.54) is 10.1 Å². The molecule has 2 aliphatic rings. The highest BCUT2D eigenvalue weighted by molar-refractivity contribution is 5.43. The Bertz CT molecular complexity index is 1150. The van der Waals surface area contributed by atoms with E-state index < -0.39 is 0 Å². The average molecular weight is 452 g/mol. The second-order valence-electron chi connectivity index (χ2n) is 9.21. The molecule has 0 spiro atoms. The Kier molecular flexibility index (Phi) is 6.43. The van der Waals surface area contributed by atoms with Crippen LogP contribution in [-0.2, 0) is 30.8 Å². The van der Waals surface area contributed by atoms with Crippen LogP contribution in [0.1, 0.15) is 23.2 Å². The molecule has 1 aromatic carbocycles. The zero-order valence-electron chi connectivity index (χ0n) is 19.6. The molecule has 2 aliphatic heterocycles.